The third-order valence-electron chi connectivity index (χ3n) is 3.23. The molecule has 0 radical (unpaired) electrons. The van der Waals surface area contributed by atoms with Gasteiger partial charge in [-0.25, -0.2) is 0 Å². The number of hydrogen-bond donors (Lipinski definition) is 1. The molecule has 82 valence electrons. The maximum absolute atomic E-state index is 3.54. The van der Waals surface area contributed by atoms with Crippen molar-refractivity contribution in [3.05, 3.63) is 0 Å². The first kappa shape index (κ1) is 10.8. The SMILES string of the molecule is CC1(C)CNCCN(C2CCSC2)C1. The van der Waals surface area contributed by atoms with Crippen molar-refractivity contribution in [2.45, 2.75) is 26.3 Å². The predicted molar refractivity (Wildman–Crippen MR) is 64.0 cm³/mol. The van der Waals surface area contributed by atoms with Gasteiger partial charge in [0.2, 0.25) is 0 Å². The summed E-state index contributed by atoms with van der Waals surface area (Å²) in [5.41, 5.74) is 0.448. The van der Waals surface area contributed by atoms with Crippen LogP contribution in [-0.2, 0) is 0 Å². The van der Waals surface area contributed by atoms with Crippen LogP contribution in [0.2, 0.25) is 0 Å². The Kier molecular flexibility index (Phi) is 3.40. The Bertz CT molecular complexity index is 188. The van der Waals surface area contributed by atoms with Crippen molar-refractivity contribution in [3.8, 4) is 0 Å². The maximum atomic E-state index is 3.54. The van der Waals surface area contributed by atoms with Gasteiger partial charge in [-0.15, -0.1) is 0 Å². The highest BCUT2D eigenvalue weighted by molar-refractivity contribution is 7.99. The van der Waals surface area contributed by atoms with Gasteiger partial charge in [0.1, 0.15) is 0 Å². The Hall–Kier alpha value is 0.270. The first-order chi connectivity index (χ1) is 6.67. The molecule has 2 saturated heterocycles. The van der Waals surface area contributed by atoms with E-state index in [1.165, 1.54) is 44.1 Å². The summed E-state index contributed by atoms with van der Waals surface area (Å²) >= 11 is 2.12. The van der Waals surface area contributed by atoms with E-state index in [4.69, 9.17) is 0 Å². The zero-order valence-electron chi connectivity index (χ0n) is 9.38. The second-order valence-electron chi connectivity index (χ2n) is 5.33. The molecular formula is C11H22N2S. The molecule has 1 atom stereocenters. The molecule has 0 saturated carbocycles. The standard InChI is InChI=1S/C11H22N2S/c1-11(2)8-12-4-5-13(9-11)10-3-6-14-7-10/h10,12H,3-9H2,1-2H3. The summed E-state index contributed by atoms with van der Waals surface area (Å²) in [5, 5.41) is 3.54. The lowest BCUT2D eigenvalue weighted by Crippen LogP contribution is -2.41. The zero-order chi connectivity index (χ0) is 10.0. The first-order valence-corrected chi connectivity index (χ1v) is 6.85. The van der Waals surface area contributed by atoms with Gasteiger partial charge in [0.15, 0.2) is 0 Å². The second-order valence-corrected chi connectivity index (χ2v) is 6.48. The first-order valence-electron chi connectivity index (χ1n) is 5.70. The van der Waals surface area contributed by atoms with E-state index in [0.717, 1.165) is 6.04 Å². The highest BCUT2D eigenvalue weighted by Crippen LogP contribution is 2.26. The monoisotopic (exact) mass is 214 g/mol. The molecule has 0 aromatic rings. The van der Waals surface area contributed by atoms with Gasteiger partial charge in [-0.1, -0.05) is 13.8 Å². The third kappa shape index (κ3) is 2.65. The van der Waals surface area contributed by atoms with Gasteiger partial charge in [0.05, 0.1) is 0 Å². The summed E-state index contributed by atoms with van der Waals surface area (Å²) < 4.78 is 0. The Morgan fingerprint density at radius 1 is 1.43 bits per heavy atom. The highest BCUT2D eigenvalue weighted by atomic mass is 32.2. The lowest BCUT2D eigenvalue weighted by molar-refractivity contribution is 0.164. The van der Waals surface area contributed by atoms with Crippen LogP contribution >= 0.6 is 11.8 Å². The normalized spacial score (nSPS) is 34.3. The summed E-state index contributed by atoms with van der Waals surface area (Å²) in [6.07, 6.45) is 1.40. The third-order valence-corrected chi connectivity index (χ3v) is 4.38. The maximum Gasteiger partial charge on any atom is 0.0195 e. The fourth-order valence-electron chi connectivity index (χ4n) is 2.46. The van der Waals surface area contributed by atoms with E-state index in [2.05, 4.69) is 35.8 Å². The van der Waals surface area contributed by atoms with E-state index in [0.29, 0.717) is 5.41 Å². The van der Waals surface area contributed by atoms with Crippen molar-refractivity contribution in [3.63, 3.8) is 0 Å². The van der Waals surface area contributed by atoms with E-state index in [9.17, 15) is 0 Å². The Balaban J connectivity index is 1.95. The Morgan fingerprint density at radius 3 is 3.00 bits per heavy atom. The van der Waals surface area contributed by atoms with Crippen molar-refractivity contribution in [2.75, 3.05) is 37.7 Å². The van der Waals surface area contributed by atoms with Crippen LogP contribution in [0, 0.1) is 5.41 Å². The molecule has 2 heterocycles. The minimum absolute atomic E-state index is 0.448. The summed E-state index contributed by atoms with van der Waals surface area (Å²) in [7, 11) is 0. The summed E-state index contributed by atoms with van der Waals surface area (Å²) in [6.45, 7) is 9.61. The molecule has 1 N–H and O–H groups in total. The molecular weight excluding hydrogens is 192 g/mol. The molecule has 1 unspecified atom stereocenters. The fourth-order valence-corrected chi connectivity index (χ4v) is 3.71. The largest absolute Gasteiger partial charge is 0.315 e. The molecule has 0 spiro atoms. The van der Waals surface area contributed by atoms with Gasteiger partial charge in [-0.3, -0.25) is 4.90 Å². The Labute approximate surface area is 91.8 Å². The van der Waals surface area contributed by atoms with Gasteiger partial charge in [0, 0.05) is 38.0 Å². The van der Waals surface area contributed by atoms with Gasteiger partial charge >= 0.3 is 0 Å². The van der Waals surface area contributed by atoms with Crippen molar-refractivity contribution < 1.29 is 0 Å². The lowest BCUT2D eigenvalue weighted by atomic mass is 9.92. The molecule has 14 heavy (non-hydrogen) atoms. The molecule has 0 bridgehead atoms. The molecule has 2 rings (SSSR count). The smallest absolute Gasteiger partial charge is 0.0195 e. The van der Waals surface area contributed by atoms with Crippen LogP contribution in [0.3, 0.4) is 0 Å². The number of thioether (sulfide) groups is 1. The lowest BCUT2D eigenvalue weighted by Gasteiger charge is -2.32. The predicted octanol–water partition coefficient (Wildman–Crippen LogP) is 1.42. The molecule has 0 aliphatic carbocycles. The number of nitrogens with zero attached hydrogens (tertiary/aromatic N) is 1. The van der Waals surface area contributed by atoms with Crippen LogP contribution < -0.4 is 5.32 Å². The van der Waals surface area contributed by atoms with Crippen molar-refractivity contribution in [1.82, 2.24) is 10.2 Å². The summed E-state index contributed by atoms with van der Waals surface area (Å²) in [6, 6.07) is 0.860. The van der Waals surface area contributed by atoms with E-state index in [1.807, 2.05) is 0 Å². The number of hydrogen-bond acceptors (Lipinski definition) is 3. The summed E-state index contributed by atoms with van der Waals surface area (Å²) in [4.78, 5) is 2.71. The van der Waals surface area contributed by atoms with Crippen LogP contribution in [0.25, 0.3) is 0 Å². The summed E-state index contributed by atoms with van der Waals surface area (Å²) in [5.74, 6) is 2.73. The van der Waals surface area contributed by atoms with E-state index in [1.54, 1.807) is 0 Å². The number of nitrogens with one attached hydrogen (secondary N) is 1. The van der Waals surface area contributed by atoms with E-state index < -0.39 is 0 Å². The quantitative estimate of drug-likeness (QED) is 0.711. The zero-order valence-corrected chi connectivity index (χ0v) is 10.2. The molecule has 2 aliphatic heterocycles. The van der Waals surface area contributed by atoms with Crippen molar-refractivity contribution in [2.24, 2.45) is 5.41 Å². The minimum atomic E-state index is 0.448. The van der Waals surface area contributed by atoms with E-state index >= 15 is 0 Å². The minimum Gasteiger partial charge on any atom is -0.315 e. The van der Waals surface area contributed by atoms with Crippen LogP contribution in [0.5, 0.6) is 0 Å². The molecule has 0 amide bonds. The van der Waals surface area contributed by atoms with Crippen LogP contribution in [0.15, 0.2) is 0 Å². The average Bonchev–Trinajstić information content (AvgIpc) is 2.57. The van der Waals surface area contributed by atoms with Gasteiger partial charge < -0.3 is 5.32 Å². The van der Waals surface area contributed by atoms with Gasteiger partial charge in [0.25, 0.3) is 0 Å². The molecule has 2 aliphatic rings. The van der Waals surface area contributed by atoms with E-state index in [-0.39, 0.29) is 0 Å². The van der Waals surface area contributed by atoms with Gasteiger partial charge in [-0.05, 0) is 17.6 Å². The van der Waals surface area contributed by atoms with Gasteiger partial charge in [-0.2, -0.15) is 11.8 Å². The highest BCUT2D eigenvalue weighted by Gasteiger charge is 2.30. The average molecular weight is 214 g/mol. The second kappa shape index (κ2) is 4.42. The molecule has 3 heteroatoms. The Morgan fingerprint density at radius 2 is 2.29 bits per heavy atom. The molecule has 2 fully saturated rings. The fraction of sp³-hybridized carbons (Fsp3) is 1.00. The van der Waals surface area contributed by atoms with Crippen LogP contribution in [0.1, 0.15) is 20.3 Å². The number of rotatable bonds is 1. The van der Waals surface area contributed by atoms with Crippen LogP contribution in [-0.4, -0.2) is 48.6 Å². The molecule has 2 nitrogen and oxygen atoms in total. The molecule has 0 aromatic carbocycles. The van der Waals surface area contributed by atoms with Crippen LogP contribution in [0.4, 0.5) is 0 Å². The topological polar surface area (TPSA) is 15.3 Å². The molecule has 0 aromatic heterocycles. The van der Waals surface area contributed by atoms with Crippen molar-refractivity contribution in [1.29, 1.82) is 0 Å². The van der Waals surface area contributed by atoms with Crippen molar-refractivity contribution >= 4 is 11.8 Å².